The summed E-state index contributed by atoms with van der Waals surface area (Å²) in [5.74, 6) is -1.08. The molecular weight excluding hydrogens is 168 g/mol. The van der Waals surface area contributed by atoms with Gasteiger partial charge in [0.1, 0.15) is 6.04 Å². The topological polar surface area (TPSA) is 87.1 Å². The van der Waals surface area contributed by atoms with Gasteiger partial charge in [0.2, 0.25) is 0 Å². The van der Waals surface area contributed by atoms with Crippen molar-refractivity contribution in [2.24, 2.45) is 5.73 Å². The quantitative estimate of drug-likeness (QED) is 0.692. The molecule has 1 rings (SSSR count). The summed E-state index contributed by atoms with van der Waals surface area (Å²) in [4.78, 5) is 10.5. The summed E-state index contributed by atoms with van der Waals surface area (Å²) in [6, 6.07) is 7.07. The SMILES string of the molecule is N#Cc1ccc([C@H](N)C(=O)O)cc1. The van der Waals surface area contributed by atoms with Crippen LogP contribution in [0.3, 0.4) is 0 Å². The molecule has 0 aliphatic rings. The first-order chi connectivity index (χ1) is 6.15. The molecule has 0 heterocycles. The number of carboxylic acids is 1. The highest BCUT2D eigenvalue weighted by Gasteiger charge is 2.13. The zero-order valence-corrected chi connectivity index (χ0v) is 6.77. The van der Waals surface area contributed by atoms with Crippen LogP contribution in [-0.4, -0.2) is 11.1 Å². The first-order valence-electron chi connectivity index (χ1n) is 3.63. The van der Waals surface area contributed by atoms with E-state index in [-0.39, 0.29) is 0 Å². The van der Waals surface area contributed by atoms with Crippen LogP contribution in [0, 0.1) is 11.3 Å². The van der Waals surface area contributed by atoms with Gasteiger partial charge in [-0.2, -0.15) is 5.26 Å². The smallest absolute Gasteiger partial charge is 0.325 e. The molecule has 0 aromatic heterocycles. The number of benzene rings is 1. The predicted octanol–water partition coefficient (Wildman–Crippen LogP) is 0.643. The molecule has 4 heteroatoms. The molecule has 0 amide bonds. The van der Waals surface area contributed by atoms with Crippen molar-refractivity contribution in [2.75, 3.05) is 0 Å². The molecule has 66 valence electrons. The standard InChI is InChI=1S/C9H8N2O2/c10-5-6-1-3-7(4-2-6)8(11)9(12)13/h1-4,8H,11H2,(H,12,13)/t8-/m0/s1. The number of aliphatic carboxylic acids is 1. The van der Waals surface area contributed by atoms with Gasteiger partial charge >= 0.3 is 5.97 Å². The van der Waals surface area contributed by atoms with Crippen molar-refractivity contribution in [3.8, 4) is 6.07 Å². The van der Waals surface area contributed by atoms with Crippen molar-refractivity contribution in [3.05, 3.63) is 35.4 Å². The van der Waals surface area contributed by atoms with Crippen LogP contribution in [0.2, 0.25) is 0 Å². The highest BCUT2D eigenvalue weighted by atomic mass is 16.4. The Hall–Kier alpha value is -1.86. The van der Waals surface area contributed by atoms with Crippen molar-refractivity contribution >= 4 is 5.97 Å². The van der Waals surface area contributed by atoms with Gasteiger partial charge < -0.3 is 10.8 Å². The van der Waals surface area contributed by atoms with E-state index in [1.54, 1.807) is 0 Å². The summed E-state index contributed by atoms with van der Waals surface area (Å²) < 4.78 is 0. The number of rotatable bonds is 2. The number of hydrogen-bond donors (Lipinski definition) is 2. The zero-order valence-electron chi connectivity index (χ0n) is 6.77. The average Bonchev–Trinajstić information content (AvgIpc) is 2.17. The maximum absolute atomic E-state index is 10.5. The van der Waals surface area contributed by atoms with Gasteiger partial charge in [-0.3, -0.25) is 4.79 Å². The fourth-order valence-electron chi connectivity index (χ4n) is 0.908. The Bertz CT molecular complexity index is 351. The summed E-state index contributed by atoms with van der Waals surface area (Å²) >= 11 is 0. The third-order valence-electron chi connectivity index (χ3n) is 1.66. The molecule has 13 heavy (non-hydrogen) atoms. The summed E-state index contributed by atoms with van der Waals surface area (Å²) in [6.07, 6.45) is 0. The number of nitriles is 1. The molecule has 0 aliphatic heterocycles. The predicted molar refractivity (Wildman–Crippen MR) is 45.7 cm³/mol. The van der Waals surface area contributed by atoms with Crippen LogP contribution in [-0.2, 0) is 4.79 Å². The fraction of sp³-hybridized carbons (Fsp3) is 0.111. The van der Waals surface area contributed by atoms with Crippen LogP contribution in [0.15, 0.2) is 24.3 Å². The minimum atomic E-state index is -1.08. The third kappa shape index (κ3) is 2.04. The molecule has 4 nitrogen and oxygen atoms in total. The molecular formula is C9H8N2O2. The second kappa shape index (κ2) is 3.70. The van der Waals surface area contributed by atoms with Gasteiger partial charge in [0.05, 0.1) is 11.6 Å². The minimum absolute atomic E-state index is 0.487. The van der Waals surface area contributed by atoms with Crippen LogP contribution in [0.25, 0.3) is 0 Å². The molecule has 1 aromatic rings. The van der Waals surface area contributed by atoms with Crippen LogP contribution in [0.1, 0.15) is 17.2 Å². The van der Waals surface area contributed by atoms with Crippen molar-refractivity contribution in [1.29, 1.82) is 5.26 Å². The van der Waals surface area contributed by atoms with E-state index in [1.165, 1.54) is 24.3 Å². The van der Waals surface area contributed by atoms with Crippen LogP contribution in [0.5, 0.6) is 0 Å². The molecule has 0 aliphatic carbocycles. The van der Waals surface area contributed by atoms with Gasteiger partial charge in [-0.25, -0.2) is 0 Å². The monoisotopic (exact) mass is 176 g/mol. The third-order valence-corrected chi connectivity index (χ3v) is 1.66. The molecule has 0 saturated carbocycles. The number of nitrogens with zero attached hydrogens (tertiary/aromatic N) is 1. The normalized spacial score (nSPS) is 11.7. The van der Waals surface area contributed by atoms with E-state index in [1.807, 2.05) is 6.07 Å². The van der Waals surface area contributed by atoms with E-state index in [9.17, 15) is 4.79 Å². The minimum Gasteiger partial charge on any atom is -0.480 e. The lowest BCUT2D eigenvalue weighted by atomic mass is 10.1. The van der Waals surface area contributed by atoms with Crippen molar-refractivity contribution in [3.63, 3.8) is 0 Å². The second-order valence-corrected chi connectivity index (χ2v) is 2.55. The van der Waals surface area contributed by atoms with Crippen LogP contribution < -0.4 is 5.73 Å². The van der Waals surface area contributed by atoms with Gasteiger partial charge in [0.25, 0.3) is 0 Å². The van der Waals surface area contributed by atoms with Crippen molar-refractivity contribution < 1.29 is 9.90 Å². The lowest BCUT2D eigenvalue weighted by Gasteiger charge is -2.05. The highest BCUT2D eigenvalue weighted by molar-refractivity contribution is 5.75. The molecule has 3 N–H and O–H groups in total. The Morgan fingerprint density at radius 2 is 2.00 bits per heavy atom. The lowest BCUT2D eigenvalue weighted by molar-refractivity contribution is -0.138. The van der Waals surface area contributed by atoms with Crippen molar-refractivity contribution in [1.82, 2.24) is 0 Å². The van der Waals surface area contributed by atoms with Crippen LogP contribution in [0.4, 0.5) is 0 Å². The Morgan fingerprint density at radius 1 is 1.46 bits per heavy atom. The Labute approximate surface area is 75.2 Å². The van der Waals surface area contributed by atoms with E-state index >= 15 is 0 Å². The van der Waals surface area contributed by atoms with E-state index in [0.717, 1.165) is 0 Å². The van der Waals surface area contributed by atoms with Gasteiger partial charge in [-0.15, -0.1) is 0 Å². The first kappa shape index (κ1) is 9.23. The summed E-state index contributed by atoms with van der Waals surface area (Å²) in [7, 11) is 0. The van der Waals surface area contributed by atoms with E-state index in [4.69, 9.17) is 16.1 Å². The van der Waals surface area contributed by atoms with Gasteiger partial charge in [0, 0.05) is 0 Å². The van der Waals surface area contributed by atoms with Gasteiger partial charge in [-0.1, -0.05) is 12.1 Å². The summed E-state index contributed by atoms with van der Waals surface area (Å²) in [5, 5.41) is 17.1. The van der Waals surface area contributed by atoms with E-state index in [0.29, 0.717) is 11.1 Å². The van der Waals surface area contributed by atoms with Gasteiger partial charge in [0.15, 0.2) is 0 Å². The first-order valence-corrected chi connectivity index (χ1v) is 3.63. The summed E-state index contributed by atoms with van der Waals surface area (Å²) in [6.45, 7) is 0. The highest BCUT2D eigenvalue weighted by Crippen LogP contribution is 2.10. The lowest BCUT2D eigenvalue weighted by Crippen LogP contribution is -2.20. The van der Waals surface area contributed by atoms with E-state index < -0.39 is 12.0 Å². The van der Waals surface area contributed by atoms with E-state index in [2.05, 4.69) is 0 Å². The van der Waals surface area contributed by atoms with Crippen LogP contribution >= 0.6 is 0 Å². The second-order valence-electron chi connectivity index (χ2n) is 2.55. The fourth-order valence-corrected chi connectivity index (χ4v) is 0.908. The number of carbonyl (C=O) groups is 1. The molecule has 0 radical (unpaired) electrons. The molecule has 0 unspecified atom stereocenters. The maximum Gasteiger partial charge on any atom is 0.325 e. The number of hydrogen-bond acceptors (Lipinski definition) is 3. The molecule has 0 spiro atoms. The average molecular weight is 176 g/mol. The molecule has 0 saturated heterocycles. The maximum atomic E-state index is 10.5. The Balaban J connectivity index is 2.93. The largest absolute Gasteiger partial charge is 0.480 e. The molecule has 0 fully saturated rings. The zero-order chi connectivity index (χ0) is 9.84. The number of carboxylic acid groups (broad SMARTS) is 1. The number of nitrogens with two attached hydrogens (primary N) is 1. The van der Waals surface area contributed by atoms with Crippen molar-refractivity contribution in [2.45, 2.75) is 6.04 Å². The Morgan fingerprint density at radius 3 is 2.38 bits per heavy atom. The summed E-state index contributed by atoms with van der Waals surface area (Å²) in [5.41, 5.74) is 6.33. The molecule has 1 aromatic carbocycles. The molecule has 1 atom stereocenters. The molecule has 0 bridgehead atoms. The Kier molecular flexibility index (Phi) is 2.62. The van der Waals surface area contributed by atoms with Gasteiger partial charge in [-0.05, 0) is 17.7 Å².